The molecule has 0 atom stereocenters. The lowest BCUT2D eigenvalue weighted by Gasteiger charge is -2.47. The van der Waals surface area contributed by atoms with Crippen molar-refractivity contribution in [3.05, 3.63) is 91.1 Å². The number of fused-ring (bicyclic) bond motifs is 1. The molecule has 0 amide bonds. The van der Waals surface area contributed by atoms with Gasteiger partial charge >= 0.3 is 0 Å². The summed E-state index contributed by atoms with van der Waals surface area (Å²) in [5.41, 5.74) is 4.14. The van der Waals surface area contributed by atoms with Crippen molar-refractivity contribution in [2.45, 2.75) is 31.5 Å². The van der Waals surface area contributed by atoms with E-state index in [1.54, 1.807) is 6.33 Å². The zero-order valence-corrected chi connectivity index (χ0v) is 21.3. The van der Waals surface area contributed by atoms with Crippen molar-refractivity contribution in [2.75, 3.05) is 26.2 Å². The lowest BCUT2D eigenvalue weighted by Crippen LogP contribution is -2.55. The number of benzene rings is 2. The van der Waals surface area contributed by atoms with Gasteiger partial charge in [-0.05, 0) is 61.8 Å². The normalized spacial score (nSPS) is 17.6. The topological polar surface area (TPSA) is 75.1 Å². The van der Waals surface area contributed by atoms with Crippen LogP contribution in [-0.4, -0.2) is 66.8 Å². The van der Waals surface area contributed by atoms with Gasteiger partial charge in [-0.1, -0.05) is 30.3 Å². The van der Waals surface area contributed by atoms with Crippen LogP contribution in [0, 0.1) is 0 Å². The molecule has 0 spiro atoms. The molecule has 1 N–H and O–H groups in total. The molecule has 0 unspecified atom stereocenters. The van der Waals surface area contributed by atoms with Crippen LogP contribution in [0.4, 0.5) is 0 Å². The first-order chi connectivity index (χ1) is 18.8. The molecule has 192 valence electrons. The third-order valence-corrected chi connectivity index (χ3v) is 7.85. The van der Waals surface area contributed by atoms with Crippen LogP contribution in [0.5, 0.6) is 11.5 Å². The Morgan fingerprint density at radius 1 is 0.895 bits per heavy atom. The number of piperidine rings is 1. The van der Waals surface area contributed by atoms with Crippen LogP contribution in [0.2, 0.25) is 0 Å². The van der Waals surface area contributed by atoms with Gasteiger partial charge in [-0.25, -0.2) is 9.97 Å². The monoisotopic (exact) mass is 505 g/mol. The van der Waals surface area contributed by atoms with E-state index in [0.717, 1.165) is 66.5 Å². The van der Waals surface area contributed by atoms with Crippen LogP contribution in [0.25, 0.3) is 22.3 Å². The largest absolute Gasteiger partial charge is 0.457 e. The number of nitrogens with zero attached hydrogens (tertiary/aromatic N) is 6. The second-order valence-corrected chi connectivity index (χ2v) is 10.3. The fourth-order valence-electron chi connectivity index (χ4n) is 5.75. The van der Waals surface area contributed by atoms with Gasteiger partial charge in [0.15, 0.2) is 0 Å². The van der Waals surface area contributed by atoms with Gasteiger partial charge in [0, 0.05) is 49.0 Å². The summed E-state index contributed by atoms with van der Waals surface area (Å²) >= 11 is 0. The van der Waals surface area contributed by atoms with Gasteiger partial charge in [0.2, 0.25) is 0 Å². The van der Waals surface area contributed by atoms with Gasteiger partial charge in [0.1, 0.15) is 23.5 Å². The average molecular weight is 506 g/mol. The maximum Gasteiger partial charge on any atom is 0.141 e. The Hall–Kier alpha value is -4.01. The standard InChI is InChI=1S/C30H31N7O/c1-2-6-26(7-3-1)38-27-8-4-5-22(15-27)17-35-13-10-24(11-14-35)36-19-25(20-36)37-18-23(16-34-37)29-28-9-12-31-30(28)33-21-32-29/h1-9,12,15-16,18,21,24-25H,10-11,13-14,17,19-20H2,(H,31,32,33). The molecule has 2 fully saturated rings. The number of hydrogen-bond acceptors (Lipinski definition) is 6. The lowest BCUT2D eigenvalue weighted by atomic mass is 9.97. The summed E-state index contributed by atoms with van der Waals surface area (Å²) in [5.74, 6) is 1.77. The molecule has 2 aliphatic heterocycles. The van der Waals surface area contributed by atoms with Gasteiger partial charge in [-0.15, -0.1) is 0 Å². The third kappa shape index (κ3) is 4.68. The summed E-state index contributed by atoms with van der Waals surface area (Å²) in [5, 5.41) is 5.71. The fraction of sp³-hybridized carbons (Fsp3) is 0.300. The number of nitrogens with one attached hydrogen (secondary N) is 1. The second kappa shape index (κ2) is 10.0. The summed E-state index contributed by atoms with van der Waals surface area (Å²) in [4.78, 5) is 17.2. The zero-order chi connectivity index (χ0) is 25.3. The molecular weight excluding hydrogens is 474 g/mol. The van der Waals surface area contributed by atoms with Gasteiger partial charge < -0.3 is 9.72 Å². The first-order valence-corrected chi connectivity index (χ1v) is 13.4. The van der Waals surface area contributed by atoms with Crippen LogP contribution >= 0.6 is 0 Å². The van der Waals surface area contributed by atoms with Gasteiger partial charge in [0.05, 0.1) is 17.9 Å². The van der Waals surface area contributed by atoms with E-state index in [0.29, 0.717) is 12.1 Å². The maximum atomic E-state index is 6.03. The number of likely N-dealkylation sites (tertiary alicyclic amines) is 2. The Morgan fingerprint density at radius 3 is 2.61 bits per heavy atom. The fourth-order valence-corrected chi connectivity index (χ4v) is 5.75. The molecule has 5 aromatic rings. The molecule has 2 aliphatic rings. The highest BCUT2D eigenvalue weighted by molar-refractivity contribution is 5.89. The van der Waals surface area contributed by atoms with Crippen molar-refractivity contribution < 1.29 is 4.74 Å². The van der Waals surface area contributed by atoms with E-state index >= 15 is 0 Å². The van der Waals surface area contributed by atoms with Crippen LogP contribution < -0.4 is 4.74 Å². The Bertz CT molecular complexity index is 1510. The van der Waals surface area contributed by atoms with Crippen LogP contribution in [0.1, 0.15) is 24.4 Å². The quantitative estimate of drug-likeness (QED) is 0.330. The first kappa shape index (κ1) is 23.1. The minimum absolute atomic E-state index is 0.428. The van der Waals surface area contributed by atoms with Crippen molar-refractivity contribution in [3.63, 3.8) is 0 Å². The third-order valence-electron chi connectivity index (χ3n) is 7.85. The van der Waals surface area contributed by atoms with Crippen molar-refractivity contribution >= 4 is 11.0 Å². The van der Waals surface area contributed by atoms with Crippen LogP contribution in [-0.2, 0) is 6.54 Å². The molecule has 0 bridgehead atoms. The highest BCUT2D eigenvalue weighted by Crippen LogP contribution is 2.31. The molecule has 2 aromatic carbocycles. The first-order valence-electron chi connectivity index (χ1n) is 13.4. The highest BCUT2D eigenvalue weighted by Gasteiger charge is 2.35. The molecule has 0 saturated carbocycles. The highest BCUT2D eigenvalue weighted by atomic mass is 16.5. The van der Waals surface area contributed by atoms with Crippen molar-refractivity contribution in [1.82, 2.24) is 34.5 Å². The van der Waals surface area contributed by atoms with Gasteiger partial charge in [0.25, 0.3) is 0 Å². The van der Waals surface area contributed by atoms with E-state index in [4.69, 9.17) is 4.74 Å². The van der Waals surface area contributed by atoms with E-state index in [-0.39, 0.29) is 0 Å². The predicted octanol–water partition coefficient (Wildman–Crippen LogP) is 5.14. The summed E-state index contributed by atoms with van der Waals surface area (Å²) in [6.45, 7) is 5.35. The smallest absolute Gasteiger partial charge is 0.141 e. The predicted molar refractivity (Wildman–Crippen MR) is 147 cm³/mol. The Labute approximate surface area is 221 Å². The second-order valence-electron chi connectivity index (χ2n) is 10.3. The van der Waals surface area contributed by atoms with E-state index in [1.807, 2.05) is 54.9 Å². The number of ether oxygens (including phenoxy) is 1. The number of aromatic amines is 1. The Balaban J connectivity index is 0.908. The average Bonchev–Trinajstić information content (AvgIpc) is 3.60. The SMILES string of the molecule is c1ccc(Oc2cccc(CN3CCC(N4CC(n5cc(-c6ncnc7[nH]ccc67)cn5)C4)CC3)c2)cc1. The van der Waals surface area contributed by atoms with Crippen molar-refractivity contribution in [1.29, 1.82) is 0 Å². The van der Waals surface area contributed by atoms with Crippen LogP contribution in [0.15, 0.2) is 85.6 Å². The minimum Gasteiger partial charge on any atom is -0.457 e. The number of H-pyrrole nitrogens is 1. The number of hydrogen-bond donors (Lipinski definition) is 1. The maximum absolute atomic E-state index is 6.03. The summed E-state index contributed by atoms with van der Waals surface area (Å²) in [6, 6.07) is 21.6. The molecular formula is C30H31N7O. The number of para-hydroxylation sites is 1. The summed E-state index contributed by atoms with van der Waals surface area (Å²) in [6.07, 6.45) is 10.00. The minimum atomic E-state index is 0.428. The molecule has 8 heteroatoms. The van der Waals surface area contributed by atoms with E-state index in [1.165, 1.54) is 18.4 Å². The molecule has 3 aromatic heterocycles. The van der Waals surface area contributed by atoms with Crippen molar-refractivity contribution in [2.24, 2.45) is 0 Å². The van der Waals surface area contributed by atoms with E-state index < -0.39 is 0 Å². The van der Waals surface area contributed by atoms with Gasteiger partial charge in [-0.2, -0.15) is 5.10 Å². The number of aromatic nitrogens is 5. The number of rotatable bonds is 7. The molecule has 0 aliphatic carbocycles. The molecule has 2 saturated heterocycles. The van der Waals surface area contributed by atoms with Crippen molar-refractivity contribution in [3.8, 4) is 22.8 Å². The van der Waals surface area contributed by atoms with Crippen LogP contribution in [0.3, 0.4) is 0 Å². The zero-order valence-electron chi connectivity index (χ0n) is 21.3. The van der Waals surface area contributed by atoms with E-state index in [2.05, 4.69) is 58.9 Å². The molecule has 0 radical (unpaired) electrons. The Kier molecular flexibility index (Phi) is 6.11. The molecule has 7 rings (SSSR count). The summed E-state index contributed by atoms with van der Waals surface area (Å²) < 4.78 is 8.14. The van der Waals surface area contributed by atoms with Gasteiger partial charge in [-0.3, -0.25) is 14.5 Å². The van der Waals surface area contributed by atoms with E-state index in [9.17, 15) is 0 Å². The molecule has 8 nitrogen and oxygen atoms in total. The Morgan fingerprint density at radius 2 is 1.74 bits per heavy atom. The molecule has 5 heterocycles. The summed E-state index contributed by atoms with van der Waals surface area (Å²) in [7, 11) is 0. The lowest BCUT2D eigenvalue weighted by molar-refractivity contribution is 0.0191. The molecule has 38 heavy (non-hydrogen) atoms.